The molecule has 2 aliphatic rings. The van der Waals surface area contributed by atoms with Crippen LogP contribution >= 0.6 is 11.3 Å². The van der Waals surface area contributed by atoms with Crippen molar-refractivity contribution in [1.29, 1.82) is 0 Å². The van der Waals surface area contributed by atoms with E-state index < -0.39 is 0 Å². The smallest absolute Gasteiger partial charge is 0.163 e. The highest BCUT2D eigenvalue weighted by atomic mass is 32.1. The molecule has 0 unspecified atom stereocenters. The van der Waals surface area contributed by atoms with Crippen molar-refractivity contribution in [2.45, 2.75) is 38.1 Å². The van der Waals surface area contributed by atoms with Gasteiger partial charge in [-0.05, 0) is 37.6 Å². The van der Waals surface area contributed by atoms with Gasteiger partial charge in [-0.25, -0.2) is 4.98 Å². The lowest BCUT2D eigenvalue weighted by atomic mass is 10.1. The summed E-state index contributed by atoms with van der Waals surface area (Å²) in [5.74, 6) is 1.84. The van der Waals surface area contributed by atoms with Gasteiger partial charge in [0.15, 0.2) is 10.8 Å². The molecular weight excluding hydrogens is 346 g/mol. The Hall–Kier alpha value is -1.73. The van der Waals surface area contributed by atoms with Crippen LogP contribution in [0.2, 0.25) is 0 Å². The Kier molecular flexibility index (Phi) is 4.09. The maximum atomic E-state index is 9.93. The van der Waals surface area contributed by atoms with Crippen molar-refractivity contribution in [3.63, 3.8) is 0 Å². The van der Waals surface area contributed by atoms with Crippen LogP contribution in [0.4, 0.5) is 0 Å². The molecule has 3 atom stereocenters. The molecule has 4 heterocycles. The number of aliphatic hydroxyl groups excluding tert-OH is 1. The zero-order valence-electron chi connectivity index (χ0n) is 14.8. The largest absolute Gasteiger partial charge is 0.457 e. The van der Waals surface area contributed by atoms with Gasteiger partial charge in [0.05, 0.1) is 22.9 Å². The topological polar surface area (TPSA) is 52.7 Å². The fourth-order valence-electron chi connectivity index (χ4n) is 4.25. The number of aliphatic hydroxyl groups is 1. The summed E-state index contributed by atoms with van der Waals surface area (Å²) in [7, 11) is 0. The van der Waals surface area contributed by atoms with E-state index in [1.807, 2.05) is 24.3 Å². The van der Waals surface area contributed by atoms with E-state index in [2.05, 4.69) is 33.8 Å². The third kappa shape index (κ3) is 2.97. The molecule has 2 aromatic heterocycles. The molecule has 0 spiro atoms. The summed E-state index contributed by atoms with van der Waals surface area (Å²) in [5, 5.41) is 10.9. The normalized spacial score (nSPS) is 27.2. The van der Waals surface area contributed by atoms with Gasteiger partial charge in [0.2, 0.25) is 0 Å². The van der Waals surface area contributed by atoms with Gasteiger partial charge in [-0.1, -0.05) is 12.1 Å². The number of furan rings is 1. The summed E-state index contributed by atoms with van der Waals surface area (Å²) in [6.45, 7) is 5.92. The second-order valence-corrected chi connectivity index (χ2v) is 8.56. The van der Waals surface area contributed by atoms with E-state index in [-0.39, 0.29) is 6.10 Å². The first-order chi connectivity index (χ1) is 12.7. The predicted octanol–water partition coefficient (Wildman–Crippen LogP) is 3.20. The maximum absolute atomic E-state index is 9.93. The minimum absolute atomic E-state index is 0.165. The number of thiazole rings is 1. The molecular formula is C20H23N3O2S. The first-order valence-electron chi connectivity index (χ1n) is 9.26. The lowest BCUT2D eigenvalue weighted by Crippen LogP contribution is -2.54. The van der Waals surface area contributed by atoms with Crippen LogP contribution in [0.1, 0.15) is 19.1 Å². The zero-order chi connectivity index (χ0) is 17.7. The van der Waals surface area contributed by atoms with Gasteiger partial charge in [0, 0.05) is 31.7 Å². The molecule has 0 aliphatic carbocycles. The molecule has 136 valence electrons. The quantitative estimate of drug-likeness (QED) is 0.768. The van der Waals surface area contributed by atoms with E-state index in [0.29, 0.717) is 12.1 Å². The molecule has 5 rings (SSSR count). The molecule has 0 radical (unpaired) electrons. The van der Waals surface area contributed by atoms with Crippen molar-refractivity contribution < 1.29 is 9.52 Å². The summed E-state index contributed by atoms with van der Waals surface area (Å²) in [5.41, 5.74) is 1.02. The van der Waals surface area contributed by atoms with Crippen molar-refractivity contribution in [2.75, 3.05) is 19.6 Å². The van der Waals surface area contributed by atoms with Crippen molar-refractivity contribution >= 4 is 21.6 Å². The van der Waals surface area contributed by atoms with Crippen LogP contribution in [0.25, 0.3) is 21.0 Å². The fraction of sp³-hybridized carbons (Fsp3) is 0.450. The second kappa shape index (κ2) is 6.46. The van der Waals surface area contributed by atoms with Crippen LogP contribution in [0.15, 0.2) is 40.8 Å². The first kappa shape index (κ1) is 16.4. The molecule has 6 heteroatoms. The second-order valence-electron chi connectivity index (χ2n) is 7.53. The van der Waals surface area contributed by atoms with Crippen molar-refractivity contribution in [3.8, 4) is 10.8 Å². The van der Waals surface area contributed by atoms with Crippen LogP contribution in [0, 0.1) is 0 Å². The minimum Gasteiger partial charge on any atom is -0.457 e. The third-order valence-corrected chi connectivity index (χ3v) is 6.65. The molecule has 1 aromatic carbocycles. The summed E-state index contributed by atoms with van der Waals surface area (Å²) in [6, 6.07) is 13.2. The monoisotopic (exact) mass is 369 g/mol. The van der Waals surface area contributed by atoms with Crippen LogP contribution in [0.3, 0.4) is 0 Å². The summed E-state index contributed by atoms with van der Waals surface area (Å²) >= 11 is 1.67. The molecule has 3 aromatic rings. The number of hydrogen-bond donors (Lipinski definition) is 1. The molecule has 5 nitrogen and oxygen atoms in total. The molecule has 0 amide bonds. The van der Waals surface area contributed by atoms with Gasteiger partial charge in [-0.15, -0.1) is 11.3 Å². The highest BCUT2D eigenvalue weighted by Gasteiger charge is 2.38. The lowest BCUT2D eigenvalue weighted by molar-refractivity contribution is 0.0485. The number of fused-ring (bicyclic) bond motifs is 2. The van der Waals surface area contributed by atoms with E-state index in [1.54, 1.807) is 11.3 Å². The standard InChI is InChI=1S/C20H23N3O2S/c1-13-9-23-11-15(24)8-14(23)10-22(13)12-16-6-7-18(25-16)20-21-17-4-2-3-5-19(17)26-20/h2-7,13-15,24H,8-12H2,1H3/t13-,14-,15+/m0/s1. The van der Waals surface area contributed by atoms with Gasteiger partial charge >= 0.3 is 0 Å². The van der Waals surface area contributed by atoms with Crippen LogP contribution in [0.5, 0.6) is 0 Å². The summed E-state index contributed by atoms with van der Waals surface area (Å²) in [6.07, 6.45) is 0.722. The number of nitrogens with zero attached hydrogens (tertiary/aromatic N) is 3. The number of rotatable bonds is 3. The molecule has 0 bridgehead atoms. The minimum atomic E-state index is -0.165. The highest BCUT2D eigenvalue weighted by molar-refractivity contribution is 7.21. The Morgan fingerprint density at radius 3 is 2.96 bits per heavy atom. The summed E-state index contributed by atoms with van der Waals surface area (Å²) < 4.78 is 7.31. The first-order valence-corrected chi connectivity index (χ1v) is 10.1. The summed E-state index contributed by atoms with van der Waals surface area (Å²) in [4.78, 5) is 9.59. The zero-order valence-corrected chi connectivity index (χ0v) is 15.7. The van der Waals surface area contributed by atoms with Gasteiger partial charge in [-0.2, -0.15) is 0 Å². The number of aromatic nitrogens is 1. The SMILES string of the molecule is C[C@H]1CN2C[C@H](O)C[C@H]2CN1Cc1ccc(-c2nc3ccccc3s2)o1. The number of benzene rings is 1. The van der Waals surface area contributed by atoms with Crippen LogP contribution < -0.4 is 0 Å². The van der Waals surface area contributed by atoms with Crippen molar-refractivity contribution in [1.82, 2.24) is 14.8 Å². The number of para-hydroxylation sites is 1. The molecule has 0 saturated carbocycles. The number of piperazine rings is 1. The average molecular weight is 369 g/mol. The van der Waals surface area contributed by atoms with E-state index in [9.17, 15) is 5.11 Å². The van der Waals surface area contributed by atoms with E-state index in [4.69, 9.17) is 4.42 Å². The van der Waals surface area contributed by atoms with Gasteiger partial charge in [0.1, 0.15) is 5.76 Å². The number of hydrogen-bond acceptors (Lipinski definition) is 6. The lowest BCUT2D eigenvalue weighted by Gasteiger charge is -2.41. The van der Waals surface area contributed by atoms with E-state index in [1.165, 1.54) is 4.70 Å². The van der Waals surface area contributed by atoms with Crippen LogP contribution in [-0.4, -0.2) is 57.7 Å². The molecule has 2 fully saturated rings. The van der Waals surface area contributed by atoms with Gasteiger partial charge in [0.25, 0.3) is 0 Å². The highest BCUT2D eigenvalue weighted by Crippen LogP contribution is 2.32. The average Bonchev–Trinajstić information content (AvgIpc) is 3.32. The maximum Gasteiger partial charge on any atom is 0.163 e. The van der Waals surface area contributed by atoms with E-state index >= 15 is 0 Å². The predicted molar refractivity (Wildman–Crippen MR) is 103 cm³/mol. The Morgan fingerprint density at radius 1 is 1.19 bits per heavy atom. The Bertz CT molecular complexity index is 888. The third-order valence-electron chi connectivity index (χ3n) is 5.60. The molecule has 2 saturated heterocycles. The Morgan fingerprint density at radius 2 is 2.08 bits per heavy atom. The Balaban J connectivity index is 1.32. The van der Waals surface area contributed by atoms with E-state index in [0.717, 1.165) is 54.6 Å². The van der Waals surface area contributed by atoms with Gasteiger partial charge < -0.3 is 9.52 Å². The molecule has 26 heavy (non-hydrogen) atoms. The van der Waals surface area contributed by atoms with Gasteiger partial charge in [-0.3, -0.25) is 9.80 Å². The van der Waals surface area contributed by atoms with Crippen molar-refractivity contribution in [3.05, 3.63) is 42.2 Å². The Labute approximate surface area is 156 Å². The fourth-order valence-corrected chi connectivity index (χ4v) is 5.18. The van der Waals surface area contributed by atoms with Crippen LogP contribution in [-0.2, 0) is 6.54 Å². The molecule has 1 N–H and O–H groups in total. The van der Waals surface area contributed by atoms with Crippen molar-refractivity contribution in [2.24, 2.45) is 0 Å². The molecule has 2 aliphatic heterocycles.